The van der Waals surface area contributed by atoms with Crippen molar-refractivity contribution in [2.75, 3.05) is 18.5 Å². The molecular formula is C14H12Cl2N2O2S. The van der Waals surface area contributed by atoms with Gasteiger partial charge in [0.05, 0.1) is 23.2 Å². The van der Waals surface area contributed by atoms with E-state index in [4.69, 9.17) is 27.9 Å². The van der Waals surface area contributed by atoms with Gasteiger partial charge in [0.2, 0.25) is 5.91 Å². The average Bonchev–Trinajstić information content (AvgIpc) is 3.12. The Kier molecular flexibility index (Phi) is 4.45. The van der Waals surface area contributed by atoms with Gasteiger partial charge in [-0.05, 0) is 24.6 Å². The quantitative estimate of drug-likeness (QED) is 0.913. The summed E-state index contributed by atoms with van der Waals surface area (Å²) in [5.41, 5.74) is 1.45. The lowest BCUT2D eigenvalue weighted by molar-refractivity contribution is -0.119. The van der Waals surface area contributed by atoms with Crippen LogP contribution in [0.15, 0.2) is 23.6 Å². The van der Waals surface area contributed by atoms with E-state index >= 15 is 0 Å². The van der Waals surface area contributed by atoms with E-state index in [0.29, 0.717) is 34.1 Å². The van der Waals surface area contributed by atoms with Gasteiger partial charge in [0.1, 0.15) is 0 Å². The molecule has 21 heavy (non-hydrogen) atoms. The Morgan fingerprint density at radius 2 is 2.29 bits per heavy atom. The van der Waals surface area contributed by atoms with Gasteiger partial charge in [0, 0.05) is 22.6 Å². The Morgan fingerprint density at radius 3 is 3.05 bits per heavy atom. The first-order valence-electron chi connectivity index (χ1n) is 6.43. The van der Waals surface area contributed by atoms with Crippen molar-refractivity contribution in [1.29, 1.82) is 0 Å². The SMILES string of the molecule is O=C(Nc1nc(-c2cc(Cl)ccc2Cl)cs1)C1CCOC1. The molecule has 7 heteroatoms. The molecule has 0 saturated carbocycles. The van der Waals surface area contributed by atoms with E-state index < -0.39 is 0 Å². The fourth-order valence-electron chi connectivity index (χ4n) is 2.10. The molecule has 110 valence electrons. The molecular weight excluding hydrogens is 331 g/mol. The number of rotatable bonds is 3. The fourth-order valence-corrected chi connectivity index (χ4v) is 3.20. The smallest absolute Gasteiger partial charge is 0.231 e. The van der Waals surface area contributed by atoms with E-state index in [9.17, 15) is 4.79 Å². The molecule has 1 unspecified atom stereocenters. The molecule has 1 aliphatic rings. The number of nitrogens with one attached hydrogen (secondary N) is 1. The van der Waals surface area contributed by atoms with Crippen LogP contribution in [0.2, 0.25) is 10.0 Å². The van der Waals surface area contributed by atoms with Gasteiger partial charge in [0.25, 0.3) is 0 Å². The van der Waals surface area contributed by atoms with E-state index in [1.54, 1.807) is 18.2 Å². The number of hydrogen-bond acceptors (Lipinski definition) is 4. The summed E-state index contributed by atoms with van der Waals surface area (Å²) in [5, 5.41) is 6.39. The molecule has 1 fully saturated rings. The van der Waals surface area contributed by atoms with Gasteiger partial charge in [-0.25, -0.2) is 4.98 Å². The minimum absolute atomic E-state index is 0.0504. The minimum atomic E-state index is -0.0906. The molecule has 0 spiro atoms. The van der Waals surface area contributed by atoms with Crippen LogP contribution < -0.4 is 5.32 Å². The molecule has 1 aliphatic heterocycles. The van der Waals surface area contributed by atoms with Gasteiger partial charge in [-0.1, -0.05) is 23.2 Å². The van der Waals surface area contributed by atoms with Crippen LogP contribution in [0.1, 0.15) is 6.42 Å². The summed E-state index contributed by atoms with van der Waals surface area (Å²) >= 11 is 13.5. The van der Waals surface area contributed by atoms with Gasteiger partial charge in [-0.15, -0.1) is 11.3 Å². The number of amides is 1. The normalized spacial score (nSPS) is 17.9. The molecule has 1 atom stereocenters. The van der Waals surface area contributed by atoms with Crippen molar-refractivity contribution in [3.8, 4) is 11.3 Å². The summed E-state index contributed by atoms with van der Waals surface area (Å²) in [5.74, 6) is -0.141. The van der Waals surface area contributed by atoms with Crippen LogP contribution >= 0.6 is 34.5 Å². The van der Waals surface area contributed by atoms with Gasteiger partial charge >= 0.3 is 0 Å². The largest absolute Gasteiger partial charge is 0.381 e. The first kappa shape index (κ1) is 14.8. The third-order valence-corrected chi connectivity index (χ3v) is 4.56. The number of thiazole rings is 1. The standard InChI is InChI=1S/C14H12Cl2N2O2S/c15-9-1-2-11(16)10(5-9)12-7-21-14(17-12)18-13(19)8-3-4-20-6-8/h1-2,5,7-8H,3-4,6H2,(H,17,18,19). The molecule has 4 nitrogen and oxygen atoms in total. The van der Waals surface area contributed by atoms with Gasteiger partial charge in [-0.3, -0.25) is 4.79 Å². The number of halogens is 2. The average molecular weight is 343 g/mol. The lowest BCUT2D eigenvalue weighted by Gasteiger charge is -2.06. The van der Waals surface area contributed by atoms with Crippen LogP contribution in [0, 0.1) is 5.92 Å². The molecule has 2 aromatic rings. The predicted molar refractivity (Wildman–Crippen MR) is 85.1 cm³/mol. The van der Waals surface area contributed by atoms with Crippen molar-refractivity contribution < 1.29 is 9.53 Å². The van der Waals surface area contributed by atoms with Crippen molar-refractivity contribution in [1.82, 2.24) is 4.98 Å². The Bertz CT molecular complexity index is 669. The maximum Gasteiger partial charge on any atom is 0.231 e. The molecule has 3 rings (SSSR count). The lowest BCUT2D eigenvalue weighted by atomic mass is 10.1. The van der Waals surface area contributed by atoms with Crippen molar-refractivity contribution in [2.24, 2.45) is 5.92 Å². The van der Waals surface area contributed by atoms with Crippen molar-refractivity contribution in [3.05, 3.63) is 33.6 Å². The lowest BCUT2D eigenvalue weighted by Crippen LogP contribution is -2.22. The van der Waals surface area contributed by atoms with Gasteiger partial charge < -0.3 is 10.1 Å². The number of carbonyl (C=O) groups excluding carboxylic acids is 1. The number of aromatic nitrogens is 1. The van der Waals surface area contributed by atoms with E-state index in [0.717, 1.165) is 12.0 Å². The summed E-state index contributed by atoms with van der Waals surface area (Å²) in [7, 11) is 0. The zero-order chi connectivity index (χ0) is 14.8. The Morgan fingerprint density at radius 1 is 1.43 bits per heavy atom. The maximum atomic E-state index is 12.0. The van der Waals surface area contributed by atoms with Crippen molar-refractivity contribution >= 4 is 45.6 Å². The highest BCUT2D eigenvalue weighted by atomic mass is 35.5. The number of nitrogens with zero attached hydrogens (tertiary/aromatic N) is 1. The van der Waals surface area contributed by atoms with Crippen molar-refractivity contribution in [2.45, 2.75) is 6.42 Å². The Balaban J connectivity index is 1.77. The summed E-state index contributed by atoms with van der Waals surface area (Å²) in [6.07, 6.45) is 0.754. The van der Waals surface area contributed by atoms with Gasteiger partial charge in [-0.2, -0.15) is 0 Å². The first-order valence-corrected chi connectivity index (χ1v) is 8.06. The van der Waals surface area contributed by atoms with Crippen molar-refractivity contribution in [3.63, 3.8) is 0 Å². The van der Waals surface area contributed by atoms with E-state index in [2.05, 4.69) is 10.3 Å². The van der Waals surface area contributed by atoms with Crippen LogP contribution in [-0.2, 0) is 9.53 Å². The topological polar surface area (TPSA) is 51.2 Å². The monoisotopic (exact) mass is 342 g/mol. The summed E-state index contributed by atoms with van der Waals surface area (Å²) < 4.78 is 5.21. The number of carbonyl (C=O) groups is 1. The Hall–Kier alpha value is -1.14. The summed E-state index contributed by atoms with van der Waals surface area (Å²) in [6, 6.07) is 5.21. The maximum absolute atomic E-state index is 12.0. The minimum Gasteiger partial charge on any atom is -0.381 e. The molecule has 0 radical (unpaired) electrons. The highest BCUT2D eigenvalue weighted by Crippen LogP contribution is 2.32. The second-order valence-electron chi connectivity index (χ2n) is 4.71. The summed E-state index contributed by atoms with van der Waals surface area (Å²) in [4.78, 5) is 16.4. The van der Waals surface area contributed by atoms with Crippen LogP contribution in [0.5, 0.6) is 0 Å². The number of benzene rings is 1. The van der Waals surface area contributed by atoms with Crippen LogP contribution in [0.3, 0.4) is 0 Å². The molecule has 1 amide bonds. The predicted octanol–water partition coefficient (Wildman–Crippen LogP) is 4.09. The fraction of sp³-hybridized carbons (Fsp3) is 0.286. The van der Waals surface area contributed by atoms with Gasteiger partial charge in [0.15, 0.2) is 5.13 Å². The zero-order valence-electron chi connectivity index (χ0n) is 10.9. The second kappa shape index (κ2) is 6.32. The molecule has 1 N–H and O–H groups in total. The van der Waals surface area contributed by atoms with E-state index in [1.165, 1.54) is 11.3 Å². The molecule has 0 aliphatic carbocycles. The zero-order valence-corrected chi connectivity index (χ0v) is 13.3. The summed E-state index contributed by atoms with van der Waals surface area (Å²) in [6.45, 7) is 1.11. The molecule has 2 heterocycles. The molecule has 0 bridgehead atoms. The third-order valence-electron chi connectivity index (χ3n) is 3.24. The molecule has 1 saturated heterocycles. The first-order chi connectivity index (χ1) is 10.1. The highest BCUT2D eigenvalue weighted by Gasteiger charge is 2.24. The molecule has 1 aromatic heterocycles. The van der Waals surface area contributed by atoms with E-state index in [1.807, 2.05) is 5.38 Å². The number of anilines is 1. The highest BCUT2D eigenvalue weighted by molar-refractivity contribution is 7.14. The third kappa shape index (κ3) is 3.37. The molecule has 1 aromatic carbocycles. The number of hydrogen-bond donors (Lipinski definition) is 1. The van der Waals surface area contributed by atoms with Crippen LogP contribution in [0.4, 0.5) is 5.13 Å². The van der Waals surface area contributed by atoms with E-state index in [-0.39, 0.29) is 11.8 Å². The van der Waals surface area contributed by atoms with Crippen LogP contribution in [-0.4, -0.2) is 24.1 Å². The number of ether oxygens (including phenoxy) is 1. The van der Waals surface area contributed by atoms with Crippen LogP contribution in [0.25, 0.3) is 11.3 Å². The second-order valence-corrected chi connectivity index (χ2v) is 6.41. The Labute approximate surface area is 136 Å².